The molecule has 47 heavy (non-hydrogen) atoms. The van der Waals surface area contributed by atoms with Crippen molar-refractivity contribution in [2.75, 3.05) is 46.6 Å². The Kier molecular flexibility index (Phi) is 10.5. The van der Waals surface area contributed by atoms with E-state index in [0.717, 1.165) is 64.8 Å². The van der Waals surface area contributed by atoms with Gasteiger partial charge in [-0.2, -0.15) is 0 Å². The maximum absolute atomic E-state index is 15.2. The quantitative estimate of drug-likeness (QED) is 0.119. The number of ether oxygens (including phenoxy) is 4. The van der Waals surface area contributed by atoms with E-state index in [0.29, 0.717) is 23.7 Å². The first-order chi connectivity index (χ1) is 22.9. The molecule has 1 saturated heterocycles. The number of morpholine rings is 1. The van der Waals surface area contributed by atoms with Crippen LogP contribution in [-0.2, 0) is 27.2 Å². The van der Waals surface area contributed by atoms with Gasteiger partial charge in [0, 0.05) is 55.2 Å². The molecule has 0 spiro atoms. The lowest BCUT2D eigenvalue weighted by atomic mass is 10.0. The highest BCUT2D eigenvalue weighted by atomic mass is 32.1. The number of aromatic nitrogens is 1. The van der Waals surface area contributed by atoms with Crippen molar-refractivity contribution in [1.82, 2.24) is 9.88 Å². The fourth-order valence-electron chi connectivity index (χ4n) is 5.46. The van der Waals surface area contributed by atoms with Crippen LogP contribution in [0.4, 0.5) is 4.39 Å². The summed E-state index contributed by atoms with van der Waals surface area (Å²) in [6.45, 7) is 4.89. The number of carbonyl (C=O) groups is 2. The molecule has 3 aromatic carbocycles. The Labute approximate surface area is 276 Å². The molecule has 0 N–H and O–H groups in total. The first kappa shape index (κ1) is 32.3. The molecule has 0 radical (unpaired) electrons. The third-order valence-electron chi connectivity index (χ3n) is 7.89. The molecular weight excluding hydrogens is 619 g/mol. The summed E-state index contributed by atoms with van der Waals surface area (Å²) < 4.78 is 38.6. The average molecular weight is 655 g/mol. The molecule has 0 bridgehead atoms. The van der Waals surface area contributed by atoms with E-state index in [4.69, 9.17) is 18.9 Å². The summed E-state index contributed by atoms with van der Waals surface area (Å²) in [7, 11) is 1.54. The zero-order valence-electron chi connectivity index (χ0n) is 26.1. The molecular formula is C37H35FN2O6S. The van der Waals surface area contributed by atoms with Crippen molar-refractivity contribution in [2.24, 2.45) is 0 Å². The van der Waals surface area contributed by atoms with Gasteiger partial charge >= 0.3 is 0 Å². The van der Waals surface area contributed by atoms with Crippen LogP contribution in [0.1, 0.15) is 17.5 Å². The second-order valence-electron chi connectivity index (χ2n) is 11.2. The van der Waals surface area contributed by atoms with Crippen LogP contribution in [0, 0.1) is 5.82 Å². The molecule has 1 aliphatic heterocycles. The van der Waals surface area contributed by atoms with Gasteiger partial charge in [-0.1, -0.05) is 24.3 Å². The Hall–Kier alpha value is -4.64. The van der Waals surface area contributed by atoms with Crippen molar-refractivity contribution in [3.63, 3.8) is 0 Å². The van der Waals surface area contributed by atoms with Crippen LogP contribution in [0.2, 0.25) is 0 Å². The van der Waals surface area contributed by atoms with Crippen LogP contribution < -0.4 is 14.2 Å². The third-order valence-corrected chi connectivity index (χ3v) is 9.07. The molecule has 2 aromatic heterocycles. The summed E-state index contributed by atoms with van der Waals surface area (Å²) in [5.41, 5.74) is 2.95. The van der Waals surface area contributed by atoms with Crippen LogP contribution in [0.5, 0.6) is 23.0 Å². The zero-order chi connectivity index (χ0) is 32.6. The van der Waals surface area contributed by atoms with E-state index in [-0.39, 0.29) is 36.6 Å². The first-order valence-electron chi connectivity index (χ1n) is 15.5. The lowest BCUT2D eigenvalue weighted by Crippen LogP contribution is -2.38. The Balaban J connectivity index is 1.06. The van der Waals surface area contributed by atoms with E-state index in [9.17, 15) is 9.59 Å². The number of hydrogen-bond acceptors (Lipinski definition) is 9. The lowest BCUT2D eigenvalue weighted by Gasteiger charge is -2.26. The number of benzene rings is 3. The zero-order valence-corrected chi connectivity index (χ0v) is 26.9. The van der Waals surface area contributed by atoms with Gasteiger partial charge in [-0.15, -0.1) is 11.3 Å². The van der Waals surface area contributed by atoms with Crippen LogP contribution >= 0.6 is 11.3 Å². The molecule has 10 heteroatoms. The SMILES string of the molecule is COc1ccccc1CC(=O)CC(=O)Cc1ccc(Oc2ccnc3cc(-c4ccc(OCCN5CCOCC5)cc4)sc23)c(F)c1. The number of pyridine rings is 1. The summed E-state index contributed by atoms with van der Waals surface area (Å²) in [4.78, 5) is 33.0. The van der Waals surface area contributed by atoms with Crippen molar-refractivity contribution >= 4 is 33.1 Å². The maximum atomic E-state index is 15.2. The molecule has 1 aliphatic rings. The van der Waals surface area contributed by atoms with Crippen LogP contribution in [0.15, 0.2) is 85.1 Å². The Morgan fingerprint density at radius 2 is 1.70 bits per heavy atom. The number of hydrogen-bond donors (Lipinski definition) is 0. The third kappa shape index (κ3) is 8.40. The minimum Gasteiger partial charge on any atom is -0.496 e. The van der Waals surface area contributed by atoms with Crippen LogP contribution in [-0.4, -0.2) is 68.0 Å². The van der Waals surface area contributed by atoms with Crippen molar-refractivity contribution in [1.29, 1.82) is 0 Å². The number of halogens is 1. The van der Waals surface area contributed by atoms with E-state index in [1.807, 2.05) is 42.5 Å². The number of thiophene rings is 1. The molecule has 0 saturated carbocycles. The summed E-state index contributed by atoms with van der Waals surface area (Å²) in [6, 6.07) is 23.3. The molecule has 0 atom stereocenters. The number of ketones is 2. The smallest absolute Gasteiger partial charge is 0.166 e. The van der Waals surface area contributed by atoms with Crippen molar-refractivity contribution in [3.8, 4) is 33.4 Å². The average Bonchev–Trinajstić information content (AvgIpc) is 3.52. The van der Waals surface area contributed by atoms with Crippen molar-refractivity contribution < 1.29 is 32.9 Å². The molecule has 0 unspecified atom stereocenters. The molecule has 1 fully saturated rings. The Morgan fingerprint density at radius 3 is 2.49 bits per heavy atom. The number of Topliss-reactive ketones (excluding diaryl/α,β-unsaturated/α-hetero) is 2. The molecule has 0 aliphatic carbocycles. The number of methoxy groups -OCH3 is 1. The van der Waals surface area contributed by atoms with Crippen molar-refractivity contribution in [2.45, 2.75) is 19.3 Å². The van der Waals surface area contributed by atoms with E-state index < -0.39 is 5.82 Å². The van der Waals surface area contributed by atoms with Gasteiger partial charge in [0.25, 0.3) is 0 Å². The first-order valence-corrected chi connectivity index (χ1v) is 16.3. The van der Waals surface area contributed by atoms with Crippen LogP contribution in [0.3, 0.4) is 0 Å². The minimum absolute atomic E-state index is 0.0366. The summed E-state index contributed by atoms with van der Waals surface area (Å²) in [5.74, 6) is 0.833. The van der Waals surface area contributed by atoms with Gasteiger partial charge in [-0.05, 0) is 59.7 Å². The molecule has 6 rings (SSSR count). The van der Waals surface area contributed by atoms with E-state index >= 15 is 4.39 Å². The summed E-state index contributed by atoms with van der Waals surface area (Å²) in [5, 5.41) is 0. The molecule has 8 nitrogen and oxygen atoms in total. The number of nitrogens with zero attached hydrogens (tertiary/aromatic N) is 2. The fourth-order valence-corrected chi connectivity index (χ4v) is 6.53. The minimum atomic E-state index is -0.596. The number of para-hydroxylation sites is 1. The van der Waals surface area contributed by atoms with Gasteiger partial charge in [-0.25, -0.2) is 4.39 Å². The van der Waals surface area contributed by atoms with Crippen LogP contribution in [0.25, 0.3) is 20.7 Å². The van der Waals surface area contributed by atoms with E-state index in [2.05, 4.69) is 9.88 Å². The molecule has 3 heterocycles. The number of fused-ring (bicyclic) bond motifs is 1. The van der Waals surface area contributed by atoms with E-state index in [1.165, 1.54) is 30.6 Å². The monoisotopic (exact) mass is 654 g/mol. The number of carbonyl (C=O) groups excluding carboxylic acids is 2. The Bertz CT molecular complexity index is 1850. The van der Waals surface area contributed by atoms with Gasteiger partial charge in [0.05, 0.1) is 37.0 Å². The topological polar surface area (TPSA) is 87.2 Å². The van der Waals surface area contributed by atoms with Gasteiger partial charge < -0.3 is 18.9 Å². The summed E-state index contributed by atoms with van der Waals surface area (Å²) in [6.07, 6.45) is 1.43. The highest BCUT2D eigenvalue weighted by Crippen LogP contribution is 2.40. The standard InChI is InChI=1S/C37H35FN2O6S/c1-43-33-5-3-2-4-27(33)22-29(42)23-28(41)20-25-6-11-34(31(38)21-25)46-35-12-13-39-32-24-36(47-37(32)35)26-7-9-30(10-8-26)45-19-16-40-14-17-44-18-15-40/h2-13,21,24H,14-20,22-23H2,1H3. The second-order valence-corrected chi connectivity index (χ2v) is 12.3. The van der Waals surface area contributed by atoms with Gasteiger partial charge in [0.1, 0.15) is 35.4 Å². The van der Waals surface area contributed by atoms with Gasteiger partial charge in [0.2, 0.25) is 0 Å². The lowest BCUT2D eigenvalue weighted by molar-refractivity contribution is -0.126. The highest BCUT2D eigenvalue weighted by Gasteiger charge is 2.17. The Morgan fingerprint density at radius 1 is 0.915 bits per heavy atom. The predicted molar refractivity (Wildman–Crippen MR) is 179 cm³/mol. The fraction of sp³-hybridized carbons (Fsp3) is 0.270. The molecule has 242 valence electrons. The molecule has 0 amide bonds. The normalized spacial score (nSPS) is 13.4. The number of rotatable bonds is 14. The molecule has 5 aromatic rings. The van der Waals surface area contributed by atoms with Gasteiger partial charge in [0.15, 0.2) is 11.6 Å². The summed E-state index contributed by atoms with van der Waals surface area (Å²) >= 11 is 1.51. The predicted octanol–water partition coefficient (Wildman–Crippen LogP) is 6.93. The van der Waals surface area contributed by atoms with E-state index in [1.54, 1.807) is 30.5 Å². The van der Waals surface area contributed by atoms with Crippen molar-refractivity contribution in [3.05, 3.63) is 102 Å². The second kappa shape index (κ2) is 15.3. The largest absolute Gasteiger partial charge is 0.496 e. The highest BCUT2D eigenvalue weighted by molar-refractivity contribution is 7.22. The maximum Gasteiger partial charge on any atom is 0.166 e. The van der Waals surface area contributed by atoms with Gasteiger partial charge in [-0.3, -0.25) is 19.5 Å².